The van der Waals surface area contributed by atoms with Gasteiger partial charge in [-0.05, 0) is 37.7 Å². The van der Waals surface area contributed by atoms with E-state index < -0.39 is 6.04 Å². The zero-order chi connectivity index (χ0) is 13.0. The molecule has 0 aliphatic heterocycles. The molecular weight excluding hydrogens is 260 g/mol. The minimum absolute atomic E-state index is 0. The van der Waals surface area contributed by atoms with Crippen LogP contribution in [0.3, 0.4) is 0 Å². The van der Waals surface area contributed by atoms with Gasteiger partial charge in [0.25, 0.3) is 0 Å². The Balaban J connectivity index is 0.00000180. The molecule has 1 aromatic carbocycles. The molecule has 1 fully saturated rings. The number of likely N-dealkylation sites (N-methyl/N-ethyl adjacent to an activating group) is 1. The number of amides is 1. The summed E-state index contributed by atoms with van der Waals surface area (Å²) < 4.78 is 0. The zero-order valence-corrected chi connectivity index (χ0v) is 12.2. The third kappa shape index (κ3) is 4.84. The Morgan fingerprint density at radius 3 is 2.53 bits per heavy atom. The molecule has 3 nitrogen and oxygen atoms in total. The van der Waals surface area contributed by atoms with Gasteiger partial charge in [0, 0.05) is 13.1 Å². The molecule has 19 heavy (non-hydrogen) atoms. The second-order valence-corrected chi connectivity index (χ2v) is 5.12. The van der Waals surface area contributed by atoms with Crippen molar-refractivity contribution in [2.75, 3.05) is 13.1 Å². The fraction of sp³-hybridized carbons (Fsp3) is 0.533. The first kappa shape index (κ1) is 16.0. The highest BCUT2D eigenvalue weighted by atomic mass is 35.5. The molecule has 1 aliphatic carbocycles. The Hall–Kier alpha value is -1.06. The van der Waals surface area contributed by atoms with Gasteiger partial charge in [0.1, 0.15) is 0 Å². The quantitative estimate of drug-likeness (QED) is 0.870. The molecule has 2 rings (SSSR count). The van der Waals surface area contributed by atoms with Crippen LogP contribution in [0.25, 0.3) is 0 Å². The van der Waals surface area contributed by atoms with Gasteiger partial charge in [-0.25, -0.2) is 0 Å². The van der Waals surface area contributed by atoms with Crippen molar-refractivity contribution >= 4 is 18.3 Å². The van der Waals surface area contributed by atoms with Crippen LogP contribution >= 0.6 is 12.4 Å². The van der Waals surface area contributed by atoms with Crippen molar-refractivity contribution in [2.45, 2.75) is 32.2 Å². The highest BCUT2D eigenvalue weighted by Crippen LogP contribution is 2.29. The van der Waals surface area contributed by atoms with Crippen LogP contribution in [0.2, 0.25) is 0 Å². The van der Waals surface area contributed by atoms with Crippen LogP contribution in [0.15, 0.2) is 30.3 Å². The van der Waals surface area contributed by atoms with Gasteiger partial charge in [0.05, 0.1) is 6.04 Å². The van der Waals surface area contributed by atoms with Crippen LogP contribution in [0.5, 0.6) is 0 Å². The molecule has 4 heteroatoms. The normalized spacial score (nSPS) is 15.5. The molecule has 0 saturated heterocycles. The number of halogens is 1. The van der Waals surface area contributed by atoms with Crippen LogP contribution in [0, 0.1) is 5.92 Å². The van der Waals surface area contributed by atoms with Crippen LogP contribution in [-0.4, -0.2) is 29.9 Å². The highest BCUT2D eigenvalue weighted by Gasteiger charge is 2.28. The van der Waals surface area contributed by atoms with Crippen molar-refractivity contribution in [1.82, 2.24) is 4.90 Å². The van der Waals surface area contributed by atoms with Crippen molar-refractivity contribution in [3.05, 3.63) is 35.9 Å². The summed E-state index contributed by atoms with van der Waals surface area (Å²) in [6.07, 6.45) is 3.15. The van der Waals surface area contributed by atoms with Crippen LogP contribution in [0.4, 0.5) is 0 Å². The van der Waals surface area contributed by atoms with Crippen LogP contribution in [-0.2, 0) is 11.2 Å². The SMILES string of the molecule is CCN(CC1CC1)C(=O)C(N)Cc1ccccc1.Cl. The zero-order valence-electron chi connectivity index (χ0n) is 11.4. The number of carbonyl (C=O) groups excluding carboxylic acids is 1. The summed E-state index contributed by atoms with van der Waals surface area (Å²) in [5, 5.41) is 0. The smallest absolute Gasteiger partial charge is 0.239 e. The molecule has 0 spiro atoms. The van der Waals surface area contributed by atoms with Gasteiger partial charge >= 0.3 is 0 Å². The molecule has 1 saturated carbocycles. The van der Waals surface area contributed by atoms with Crippen molar-refractivity contribution in [3.8, 4) is 0 Å². The molecular formula is C15H23ClN2O. The lowest BCUT2D eigenvalue weighted by Gasteiger charge is -2.24. The first-order chi connectivity index (χ1) is 8.70. The van der Waals surface area contributed by atoms with Crippen LogP contribution < -0.4 is 5.73 Å². The van der Waals surface area contributed by atoms with Gasteiger partial charge in [-0.2, -0.15) is 0 Å². The van der Waals surface area contributed by atoms with Crippen molar-refractivity contribution in [2.24, 2.45) is 11.7 Å². The van der Waals surface area contributed by atoms with Gasteiger partial charge in [-0.1, -0.05) is 30.3 Å². The predicted octanol–water partition coefficient (Wildman–Crippen LogP) is 2.24. The summed E-state index contributed by atoms with van der Waals surface area (Å²) in [5.41, 5.74) is 7.16. The van der Waals surface area contributed by atoms with E-state index in [1.807, 2.05) is 42.2 Å². The number of carbonyl (C=O) groups is 1. The van der Waals surface area contributed by atoms with Gasteiger partial charge in [-0.3, -0.25) is 4.79 Å². The molecule has 1 amide bonds. The molecule has 0 radical (unpaired) electrons. The number of benzene rings is 1. The maximum Gasteiger partial charge on any atom is 0.239 e. The number of hydrogen-bond donors (Lipinski definition) is 1. The van der Waals surface area contributed by atoms with Crippen molar-refractivity contribution in [1.29, 1.82) is 0 Å². The molecule has 1 aliphatic rings. The number of rotatable bonds is 6. The van der Waals surface area contributed by atoms with Crippen molar-refractivity contribution < 1.29 is 4.79 Å². The average molecular weight is 283 g/mol. The molecule has 106 valence electrons. The summed E-state index contributed by atoms with van der Waals surface area (Å²) in [6, 6.07) is 9.56. The highest BCUT2D eigenvalue weighted by molar-refractivity contribution is 5.85. The van der Waals surface area contributed by atoms with Crippen molar-refractivity contribution in [3.63, 3.8) is 0 Å². The second-order valence-electron chi connectivity index (χ2n) is 5.12. The second kappa shape index (κ2) is 7.51. The fourth-order valence-electron chi connectivity index (χ4n) is 2.18. The van der Waals surface area contributed by atoms with Gasteiger partial charge in [0.2, 0.25) is 5.91 Å². The maximum absolute atomic E-state index is 12.2. The standard InChI is InChI=1S/C15H22N2O.ClH/c1-2-17(11-13-8-9-13)15(18)14(16)10-12-6-4-3-5-7-12;/h3-7,13-14H,2,8-11,16H2,1H3;1H. The number of hydrogen-bond acceptors (Lipinski definition) is 2. The van der Waals surface area contributed by atoms with E-state index in [0.29, 0.717) is 6.42 Å². The Labute approximate surface area is 121 Å². The summed E-state index contributed by atoms with van der Waals surface area (Å²) >= 11 is 0. The summed E-state index contributed by atoms with van der Waals surface area (Å²) in [6.45, 7) is 3.67. The molecule has 0 bridgehead atoms. The van der Waals surface area contributed by atoms with E-state index in [-0.39, 0.29) is 18.3 Å². The lowest BCUT2D eigenvalue weighted by atomic mass is 10.1. The Kier molecular flexibility index (Phi) is 6.32. The van der Waals surface area contributed by atoms with E-state index in [0.717, 1.165) is 24.6 Å². The molecule has 1 aromatic rings. The Morgan fingerprint density at radius 1 is 1.37 bits per heavy atom. The van der Waals surface area contributed by atoms with E-state index in [9.17, 15) is 4.79 Å². The topological polar surface area (TPSA) is 46.3 Å². The minimum atomic E-state index is -0.411. The fourth-order valence-corrected chi connectivity index (χ4v) is 2.18. The van der Waals surface area contributed by atoms with E-state index in [1.165, 1.54) is 12.8 Å². The predicted molar refractivity (Wildman–Crippen MR) is 80.3 cm³/mol. The first-order valence-electron chi connectivity index (χ1n) is 6.79. The maximum atomic E-state index is 12.2. The summed E-state index contributed by atoms with van der Waals surface area (Å²) in [7, 11) is 0. The molecule has 0 heterocycles. The van der Waals surface area contributed by atoms with E-state index >= 15 is 0 Å². The van der Waals surface area contributed by atoms with Gasteiger partial charge in [-0.15, -0.1) is 12.4 Å². The largest absolute Gasteiger partial charge is 0.341 e. The molecule has 0 aromatic heterocycles. The Bertz CT molecular complexity index is 392. The summed E-state index contributed by atoms with van der Waals surface area (Å²) in [5.74, 6) is 0.811. The lowest BCUT2D eigenvalue weighted by Crippen LogP contribution is -2.45. The monoisotopic (exact) mass is 282 g/mol. The number of nitrogens with two attached hydrogens (primary N) is 1. The van der Waals surface area contributed by atoms with Crippen LogP contribution in [0.1, 0.15) is 25.3 Å². The van der Waals surface area contributed by atoms with E-state index in [2.05, 4.69) is 0 Å². The molecule has 1 unspecified atom stereocenters. The third-order valence-corrected chi connectivity index (χ3v) is 3.48. The number of nitrogens with zero attached hydrogens (tertiary/aromatic N) is 1. The van der Waals surface area contributed by atoms with Gasteiger partial charge < -0.3 is 10.6 Å². The van der Waals surface area contributed by atoms with E-state index in [1.54, 1.807) is 0 Å². The first-order valence-corrected chi connectivity index (χ1v) is 6.79. The van der Waals surface area contributed by atoms with E-state index in [4.69, 9.17) is 5.73 Å². The third-order valence-electron chi connectivity index (χ3n) is 3.48. The minimum Gasteiger partial charge on any atom is -0.341 e. The lowest BCUT2D eigenvalue weighted by molar-refractivity contribution is -0.132. The average Bonchev–Trinajstić information content (AvgIpc) is 3.20. The molecule has 1 atom stereocenters. The Morgan fingerprint density at radius 2 is 2.00 bits per heavy atom. The summed E-state index contributed by atoms with van der Waals surface area (Å²) in [4.78, 5) is 14.2. The molecule has 2 N–H and O–H groups in total. The van der Waals surface area contributed by atoms with Gasteiger partial charge in [0.15, 0.2) is 0 Å².